The molecule has 176 valence electrons. The van der Waals surface area contributed by atoms with Gasteiger partial charge in [0.2, 0.25) is 5.95 Å². The van der Waals surface area contributed by atoms with Gasteiger partial charge in [0.15, 0.2) is 0 Å². The first-order chi connectivity index (χ1) is 15.9. The predicted octanol–water partition coefficient (Wildman–Crippen LogP) is 3.94. The first-order valence-electron chi connectivity index (χ1n) is 11.8. The van der Waals surface area contributed by atoms with Crippen molar-refractivity contribution in [3.63, 3.8) is 0 Å². The molecule has 2 aliphatic heterocycles. The standard InChI is InChI=1S/C24H28ClFN4O2S/c25-16-4-2-15(3-5-16)17-6-11-30(12-18(17)26)22-27-20-19(33(32)14-23(20)9-10-23)21(28-22)29-24(13-31)7-1-8-24/h2-5,17-18,31H,1,6-14H2,(H,27,28,29)/t17?,18?,33-/m1/s1. The molecule has 3 heterocycles. The van der Waals surface area contributed by atoms with Crippen molar-refractivity contribution >= 4 is 34.2 Å². The van der Waals surface area contributed by atoms with Crippen molar-refractivity contribution in [2.24, 2.45) is 0 Å². The minimum absolute atomic E-state index is 0.0118. The van der Waals surface area contributed by atoms with Gasteiger partial charge in [-0.3, -0.25) is 4.21 Å². The van der Waals surface area contributed by atoms with Gasteiger partial charge in [0.25, 0.3) is 0 Å². The van der Waals surface area contributed by atoms with E-state index < -0.39 is 22.5 Å². The minimum Gasteiger partial charge on any atom is -0.394 e. The summed E-state index contributed by atoms with van der Waals surface area (Å²) in [5.41, 5.74) is 1.31. The summed E-state index contributed by atoms with van der Waals surface area (Å²) in [4.78, 5) is 12.3. The second-order valence-corrected chi connectivity index (χ2v) is 12.0. The average molecular weight is 491 g/mol. The Morgan fingerprint density at radius 3 is 2.58 bits per heavy atom. The van der Waals surface area contributed by atoms with E-state index in [4.69, 9.17) is 21.6 Å². The van der Waals surface area contributed by atoms with Gasteiger partial charge in [0, 0.05) is 28.7 Å². The van der Waals surface area contributed by atoms with Gasteiger partial charge in [-0.2, -0.15) is 4.98 Å². The van der Waals surface area contributed by atoms with Gasteiger partial charge in [0.1, 0.15) is 16.9 Å². The number of rotatable bonds is 5. The Bertz CT molecular complexity index is 1100. The zero-order chi connectivity index (χ0) is 22.8. The molecular weight excluding hydrogens is 463 g/mol. The zero-order valence-electron chi connectivity index (χ0n) is 18.4. The summed E-state index contributed by atoms with van der Waals surface area (Å²) in [6, 6.07) is 7.43. The van der Waals surface area contributed by atoms with Crippen molar-refractivity contribution in [3.8, 4) is 0 Å². The van der Waals surface area contributed by atoms with E-state index in [-0.39, 0.29) is 24.5 Å². The molecule has 6 nitrogen and oxygen atoms in total. The van der Waals surface area contributed by atoms with Gasteiger partial charge in [0.05, 0.1) is 35.2 Å². The Morgan fingerprint density at radius 2 is 1.97 bits per heavy atom. The SMILES string of the molecule is O=[S@@]1CC2(CC2)c2nc(N3CCC(c4ccc(Cl)cc4)C(F)C3)nc(NC3(CO)CCC3)c21. The number of halogens is 2. The second-order valence-electron chi connectivity index (χ2n) is 10.1. The minimum atomic E-state index is -1.16. The van der Waals surface area contributed by atoms with Crippen LogP contribution in [-0.4, -0.2) is 56.4 Å². The van der Waals surface area contributed by atoms with Gasteiger partial charge >= 0.3 is 0 Å². The van der Waals surface area contributed by atoms with Crippen LogP contribution in [0.5, 0.6) is 0 Å². The van der Waals surface area contributed by atoms with Crippen LogP contribution in [0.15, 0.2) is 29.2 Å². The highest BCUT2D eigenvalue weighted by molar-refractivity contribution is 7.85. The second kappa shape index (κ2) is 7.89. The van der Waals surface area contributed by atoms with Crippen molar-refractivity contribution in [2.45, 2.75) is 66.5 Å². The molecule has 2 aliphatic carbocycles. The summed E-state index contributed by atoms with van der Waals surface area (Å²) in [5, 5.41) is 14.1. The number of aromatic nitrogens is 2. The number of hydrogen-bond donors (Lipinski definition) is 2. The van der Waals surface area contributed by atoms with E-state index in [1.165, 1.54) is 0 Å². The molecule has 2 unspecified atom stereocenters. The first kappa shape index (κ1) is 21.7. The summed E-state index contributed by atoms with van der Waals surface area (Å²) in [5.74, 6) is 1.48. The summed E-state index contributed by atoms with van der Waals surface area (Å²) < 4.78 is 28.4. The average Bonchev–Trinajstić information content (AvgIpc) is 3.50. The maximum atomic E-state index is 15.3. The van der Waals surface area contributed by atoms with Gasteiger partial charge in [-0.15, -0.1) is 0 Å². The van der Waals surface area contributed by atoms with Gasteiger partial charge in [-0.25, -0.2) is 9.37 Å². The van der Waals surface area contributed by atoms with Crippen LogP contribution in [0.3, 0.4) is 0 Å². The molecule has 1 aromatic heterocycles. The molecule has 3 atom stereocenters. The van der Waals surface area contributed by atoms with E-state index in [0.717, 1.165) is 43.4 Å². The molecule has 1 saturated heterocycles. The molecule has 2 N–H and O–H groups in total. The fourth-order valence-corrected chi connectivity index (χ4v) is 7.50. The van der Waals surface area contributed by atoms with Gasteiger partial charge < -0.3 is 15.3 Å². The Kier molecular flexibility index (Phi) is 5.20. The Balaban J connectivity index is 1.31. The third-order valence-electron chi connectivity index (χ3n) is 7.96. The smallest absolute Gasteiger partial charge is 0.227 e. The van der Waals surface area contributed by atoms with Gasteiger partial charge in [-0.1, -0.05) is 23.7 Å². The summed E-state index contributed by atoms with van der Waals surface area (Å²) in [7, 11) is -1.16. The van der Waals surface area contributed by atoms with Crippen LogP contribution in [0.25, 0.3) is 0 Å². The van der Waals surface area contributed by atoms with Crippen LogP contribution in [0.4, 0.5) is 16.2 Å². The normalized spacial score (nSPS) is 28.9. The van der Waals surface area contributed by atoms with E-state index in [1.54, 1.807) is 0 Å². The predicted molar refractivity (Wildman–Crippen MR) is 127 cm³/mol. The highest BCUT2D eigenvalue weighted by atomic mass is 35.5. The molecule has 33 heavy (non-hydrogen) atoms. The zero-order valence-corrected chi connectivity index (χ0v) is 20.0. The molecule has 2 saturated carbocycles. The molecule has 3 fully saturated rings. The molecule has 4 aliphatic rings. The maximum absolute atomic E-state index is 15.3. The molecule has 1 spiro atoms. The number of piperidine rings is 1. The van der Waals surface area contributed by atoms with Crippen molar-refractivity contribution in [1.29, 1.82) is 0 Å². The molecule has 0 radical (unpaired) electrons. The lowest BCUT2D eigenvalue weighted by molar-refractivity contribution is 0.143. The first-order valence-corrected chi connectivity index (χ1v) is 13.5. The van der Waals surface area contributed by atoms with Crippen molar-refractivity contribution < 1.29 is 13.7 Å². The number of benzene rings is 1. The van der Waals surface area contributed by atoms with Crippen LogP contribution in [0.1, 0.15) is 55.7 Å². The van der Waals surface area contributed by atoms with Gasteiger partial charge in [-0.05, 0) is 56.2 Å². The number of aliphatic hydroxyl groups excluding tert-OH is 1. The fourth-order valence-electron chi connectivity index (χ4n) is 5.51. The van der Waals surface area contributed by atoms with Crippen LogP contribution in [-0.2, 0) is 16.2 Å². The monoisotopic (exact) mass is 490 g/mol. The topological polar surface area (TPSA) is 78.4 Å². The number of nitrogens with zero attached hydrogens (tertiary/aromatic N) is 3. The van der Waals surface area contributed by atoms with E-state index in [9.17, 15) is 9.32 Å². The Labute approximate surface area is 200 Å². The fraction of sp³-hybridized carbons (Fsp3) is 0.583. The number of aliphatic hydroxyl groups is 1. The van der Waals surface area contributed by atoms with Crippen molar-refractivity contribution in [2.75, 3.05) is 35.7 Å². The van der Waals surface area contributed by atoms with Crippen LogP contribution in [0, 0.1) is 0 Å². The number of alkyl halides is 1. The quantitative estimate of drug-likeness (QED) is 0.661. The summed E-state index contributed by atoms with van der Waals surface area (Å²) in [6.45, 7) is 0.873. The van der Waals surface area contributed by atoms with Crippen LogP contribution in [0.2, 0.25) is 5.02 Å². The lowest BCUT2D eigenvalue weighted by Crippen LogP contribution is -2.49. The highest BCUT2D eigenvalue weighted by Crippen LogP contribution is 2.56. The molecule has 0 amide bonds. The van der Waals surface area contributed by atoms with E-state index >= 15 is 4.39 Å². The Morgan fingerprint density at radius 1 is 1.21 bits per heavy atom. The van der Waals surface area contributed by atoms with E-state index in [0.29, 0.717) is 40.4 Å². The van der Waals surface area contributed by atoms with Crippen LogP contribution < -0.4 is 10.2 Å². The van der Waals surface area contributed by atoms with E-state index in [2.05, 4.69) is 5.32 Å². The number of anilines is 2. The maximum Gasteiger partial charge on any atom is 0.227 e. The summed E-state index contributed by atoms with van der Waals surface area (Å²) in [6.07, 6.45) is 4.33. The molecule has 2 aromatic rings. The highest BCUT2D eigenvalue weighted by Gasteiger charge is 2.55. The molecule has 1 aromatic carbocycles. The Hall–Kier alpha value is -1.77. The summed E-state index contributed by atoms with van der Waals surface area (Å²) >= 11 is 6.00. The molecule has 6 rings (SSSR count). The molecular formula is C24H28ClFN4O2S. The third kappa shape index (κ3) is 3.65. The molecule has 0 bridgehead atoms. The van der Waals surface area contributed by atoms with E-state index in [1.807, 2.05) is 29.2 Å². The lowest BCUT2D eigenvalue weighted by Gasteiger charge is -2.42. The largest absolute Gasteiger partial charge is 0.394 e. The van der Waals surface area contributed by atoms with Crippen molar-refractivity contribution in [3.05, 3.63) is 40.5 Å². The third-order valence-corrected chi connectivity index (χ3v) is 9.87. The molecule has 9 heteroatoms. The van der Waals surface area contributed by atoms with Crippen LogP contribution >= 0.6 is 11.6 Å². The lowest BCUT2D eigenvalue weighted by atomic mass is 9.77. The number of hydrogen-bond acceptors (Lipinski definition) is 6. The number of nitrogens with one attached hydrogen (secondary N) is 1. The number of fused-ring (bicyclic) bond motifs is 2. The van der Waals surface area contributed by atoms with Crippen molar-refractivity contribution in [1.82, 2.24) is 9.97 Å².